The summed E-state index contributed by atoms with van der Waals surface area (Å²) in [6.07, 6.45) is -0.905. The average molecular weight is 331 g/mol. The number of aliphatic hydroxyl groups is 1. The van der Waals surface area contributed by atoms with Crippen LogP contribution in [-0.2, 0) is 26.1 Å². The Labute approximate surface area is 119 Å². The molecule has 0 amide bonds. The largest absolute Gasteiger partial charge is 0.479 e. The zero-order valence-corrected chi connectivity index (χ0v) is 12.0. The normalized spacial score (nSPS) is 11.9. The number of benzene rings is 1. The maximum atomic E-state index is 11.1. The predicted octanol–water partition coefficient (Wildman–Crippen LogP) is 1.81. The molecule has 1 aromatic carbocycles. The first-order valence-corrected chi connectivity index (χ1v) is 6.77. The van der Waals surface area contributed by atoms with E-state index < -0.39 is 12.1 Å². The SMILES string of the molecule is COC(=O)CCc1cc(C(O)C(=O)O)ccc1CBr. The predicted molar refractivity (Wildman–Crippen MR) is 72.0 cm³/mol. The molecule has 5 nitrogen and oxygen atoms in total. The van der Waals surface area contributed by atoms with E-state index in [1.165, 1.54) is 7.11 Å². The van der Waals surface area contributed by atoms with Crippen molar-refractivity contribution in [3.05, 3.63) is 34.9 Å². The van der Waals surface area contributed by atoms with E-state index in [4.69, 9.17) is 5.11 Å². The molecule has 104 valence electrons. The summed E-state index contributed by atoms with van der Waals surface area (Å²) >= 11 is 3.33. The average Bonchev–Trinajstić information content (AvgIpc) is 2.43. The molecule has 0 radical (unpaired) electrons. The van der Waals surface area contributed by atoms with E-state index >= 15 is 0 Å². The third-order valence-electron chi connectivity index (χ3n) is 2.75. The first-order chi connectivity index (χ1) is 8.99. The van der Waals surface area contributed by atoms with Gasteiger partial charge in [-0.15, -0.1) is 0 Å². The summed E-state index contributed by atoms with van der Waals surface area (Å²) in [7, 11) is 1.32. The van der Waals surface area contributed by atoms with E-state index in [9.17, 15) is 14.7 Å². The molecule has 0 fully saturated rings. The number of aliphatic carboxylic acids is 1. The molecule has 0 spiro atoms. The van der Waals surface area contributed by atoms with Crippen molar-refractivity contribution in [3.8, 4) is 0 Å². The van der Waals surface area contributed by atoms with Crippen LogP contribution in [0, 0.1) is 0 Å². The summed E-state index contributed by atoms with van der Waals surface area (Å²) in [6.45, 7) is 0. The van der Waals surface area contributed by atoms with Gasteiger partial charge in [-0.25, -0.2) is 4.79 Å². The summed E-state index contributed by atoms with van der Waals surface area (Å²) in [6, 6.07) is 4.91. The van der Waals surface area contributed by atoms with Gasteiger partial charge in [-0.05, 0) is 23.1 Å². The van der Waals surface area contributed by atoms with Gasteiger partial charge in [-0.1, -0.05) is 34.1 Å². The van der Waals surface area contributed by atoms with Crippen LogP contribution in [-0.4, -0.2) is 29.3 Å². The molecule has 1 aromatic rings. The number of carboxylic acid groups (broad SMARTS) is 1. The van der Waals surface area contributed by atoms with Gasteiger partial charge in [-0.3, -0.25) is 4.79 Å². The number of halogens is 1. The van der Waals surface area contributed by atoms with Crippen LogP contribution in [0.1, 0.15) is 29.2 Å². The van der Waals surface area contributed by atoms with Crippen LogP contribution in [0.2, 0.25) is 0 Å². The zero-order valence-electron chi connectivity index (χ0n) is 10.4. The number of hydrogen-bond acceptors (Lipinski definition) is 4. The first-order valence-electron chi connectivity index (χ1n) is 5.65. The highest BCUT2D eigenvalue weighted by Crippen LogP contribution is 2.21. The number of ether oxygens (including phenoxy) is 1. The van der Waals surface area contributed by atoms with Crippen LogP contribution in [0.5, 0.6) is 0 Å². The number of esters is 1. The molecule has 6 heteroatoms. The lowest BCUT2D eigenvalue weighted by Gasteiger charge is -2.11. The number of methoxy groups -OCH3 is 1. The smallest absolute Gasteiger partial charge is 0.337 e. The van der Waals surface area contributed by atoms with E-state index in [1.54, 1.807) is 18.2 Å². The minimum absolute atomic E-state index is 0.211. The molecule has 0 aliphatic heterocycles. The lowest BCUT2D eigenvalue weighted by Crippen LogP contribution is -2.11. The molecule has 2 N–H and O–H groups in total. The number of aryl methyl sites for hydroxylation is 1. The topological polar surface area (TPSA) is 83.8 Å². The molecule has 1 rings (SSSR count). The molecule has 0 aliphatic carbocycles. The molecule has 0 bridgehead atoms. The lowest BCUT2D eigenvalue weighted by molar-refractivity contribution is -0.147. The van der Waals surface area contributed by atoms with Gasteiger partial charge in [0.25, 0.3) is 0 Å². The van der Waals surface area contributed by atoms with E-state index in [2.05, 4.69) is 20.7 Å². The molecular formula is C13H15BrO5. The summed E-state index contributed by atoms with van der Waals surface area (Å²) in [4.78, 5) is 21.9. The number of carbonyl (C=O) groups excluding carboxylic acids is 1. The highest BCUT2D eigenvalue weighted by atomic mass is 79.9. The highest BCUT2D eigenvalue weighted by Gasteiger charge is 2.17. The second-order valence-corrected chi connectivity index (χ2v) is 4.54. The van der Waals surface area contributed by atoms with Gasteiger partial charge in [0.05, 0.1) is 7.11 Å². The van der Waals surface area contributed by atoms with Gasteiger partial charge in [-0.2, -0.15) is 0 Å². The molecule has 0 aliphatic rings. The van der Waals surface area contributed by atoms with Crippen molar-refractivity contribution in [1.29, 1.82) is 0 Å². The molecule has 0 aromatic heterocycles. The van der Waals surface area contributed by atoms with Crippen LogP contribution < -0.4 is 0 Å². The van der Waals surface area contributed by atoms with Crippen molar-refractivity contribution < 1.29 is 24.5 Å². The number of aliphatic hydroxyl groups excluding tert-OH is 1. The van der Waals surface area contributed by atoms with E-state index in [-0.39, 0.29) is 12.4 Å². The molecule has 19 heavy (non-hydrogen) atoms. The molecular weight excluding hydrogens is 316 g/mol. The number of rotatable bonds is 6. The standard InChI is InChI=1S/C13H15BrO5/c1-19-11(15)5-4-8-6-9(12(16)13(17)18)2-3-10(8)7-14/h2-3,6,12,16H,4-5,7H2,1H3,(H,17,18). The van der Waals surface area contributed by atoms with E-state index in [0.29, 0.717) is 17.3 Å². The highest BCUT2D eigenvalue weighted by molar-refractivity contribution is 9.08. The van der Waals surface area contributed by atoms with Gasteiger partial charge in [0, 0.05) is 11.8 Å². The fraction of sp³-hybridized carbons (Fsp3) is 0.385. The van der Waals surface area contributed by atoms with Gasteiger partial charge < -0.3 is 14.9 Å². The fourth-order valence-electron chi connectivity index (χ4n) is 1.66. The second-order valence-electron chi connectivity index (χ2n) is 3.98. The third kappa shape index (κ3) is 4.33. The van der Waals surface area contributed by atoms with Crippen molar-refractivity contribution in [1.82, 2.24) is 0 Å². The van der Waals surface area contributed by atoms with Gasteiger partial charge >= 0.3 is 11.9 Å². The first kappa shape index (κ1) is 15.7. The molecule has 0 saturated heterocycles. The Kier molecular flexibility index (Phi) is 5.98. The van der Waals surface area contributed by atoms with Crippen molar-refractivity contribution >= 4 is 27.9 Å². The monoisotopic (exact) mass is 330 g/mol. The number of hydrogen-bond donors (Lipinski definition) is 2. The van der Waals surface area contributed by atoms with Crippen molar-refractivity contribution in [2.45, 2.75) is 24.3 Å². The Balaban J connectivity index is 2.96. The second kappa shape index (κ2) is 7.25. The molecule has 1 atom stereocenters. The van der Waals surface area contributed by atoms with Crippen molar-refractivity contribution in [2.75, 3.05) is 7.11 Å². The molecule has 1 unspecified atom stereocenters. The Hall–Kier alpha value is -1.40. The Bertz CT molecular complexity index is 472. The molecule has 0 heterocycles. The third-order valence-corrected chi connectivity index (χ3v) is 3.35. The fourth-order valence-corrected chi connectivity index (χ4v) is 2.21. The Morgan fingerprint density at radius 3 is 2.58 bits per heavy atom. The summed E-state index contributed by atoms with van der Waals surface area (Å²) in [5.41, 5.74) is 2.07. The van der Waals surface area contributed by atoms with Crippen LogP contribution >= 0.6 is 15.9 Å². The number of carbonyl (C=O) groups is 2. The Morgan fingerprint density at radius 1 is 1.37 bits per heavy atom. The van der Waals surface area contributed by atoms with E-state index in [0.717, 1.165) is 11.1 Å². The molecule has 0 saturated carbocycles. The number of carboxylic acids is 1. The van der Waals surface area contributed by atoms with Gasteiger partial charge in [0.15, 0.2) is 6.10 Å². The maximum Gasteiger partial charge on any atom is 0.337 e. The van der Waals surface area contributed by atoms with E-state index in [1.807, 2.05) is 0 Å². The van der Waals surface area contributed by atoms with Crippen LogP contribution in [0.15, 0.2) is 18.2 Å². The van der Waals surface area contributed by atoms with Crippen molar-refractivity contribution in [3.63, 3.8) is 0 Å². The van der Waals surface area contributed by atoms with Crippen LogP contribution in [0.4, 0.5) is 0 Å². The number of alkyl halides is 1. The minimum Gasteiger partial charge on any atom is -0.479 e. The maximum absolute atomic E-state index is 11.1. The van der Waals surface area contributed by atoms with Crippen molar-refractivity contribution in [2.24, 2.45) is 0 Å². The van der Waals surface area contributed by atoms with Crippen LogP contribution in [0.3, 0.4) is 0 Å². The summed E-state index contributed by atoms with van der Waals surface area (Å²) in [5, 5.41) is 18.9. The van der Waals surface area contributed by atoms with Gasteiger partial charge in [0.1, 0.15) is 0 Å². The quantitative estimate of drug-likeness (QED) is 0.613. The van der Waals surface area contributed by atoms with Gasteiger partial charge in [0.2, 0.25) is 0 Å². The lowest BCUT2D eigenvalue weighted by atomic mass is 9.98. The Morgan fingerprint density at radius 2 is 2.05 bits per heavy atom. The summed E-state index contributed by atoms with van der Waals surface area (Å²) in [5.74, 6) is -1.63. The summed E-state index contributed by atoms with van der Waals surface area (Å²) < 4.78 is 4.57. The zero-order chi connectivity index (χ0) is 14.4. The van der Waals surface area contributed by atoms with Crippen LogP contribution in [0.25, 0.3) is 0 Å². The minimum atomic E-state index is -1.55.